The third-order valence-electron chi connectivity index (χ3n) is 3.26. The summed E-state index contributed by atoms with van der Waals surface area (Å²) >= 11 is 0. The quantitative estimate of drug-likeness (QED) is 0.802. The summed E-state index contributed by atoms with van der Waals surface area (Å²) in [6.45, 7) is 3.71. The topological polar surface area (TPSA) is 61.6 Å². The van der Waals surface area contributed by atoms with Gasteiger partial charge in [0.15, 0.2) is 0 Å². The fourth-order valence-corrected chi connectivity index (χ4v) is 2.01. The number of hydrogen-bond donors (Lipinski definition) is 2. The lowest BCUT2D eigenvalue weighted by molar-refractivity contribution is 0.218. The number of nitrogens with one attached hydrogen (secondary N) is 1. The Bertz CT molecular complexity index is 404. The molecule has 1 aromatic rings. The molecular formula is C13H20N4O. The largest absolute Gasteiger partial charge is 0.373 e. The number of rotatable bonds is 5. The van der Waals surface area contributed by atoms with Gasteiger partial charge in [-0.15, -0.1) is 0 Å². The zero-order chi connectivity index (χ0) is 13.0. The van der Waals surface area contributed by atoms with Crippen molar-refractivity contribution in [2.45, 2.75) is 6.54 Å². The summed E-state index contributed by atoms with van der Waals surface area (Å²) in [6.07, 6.45) is 0. The highest BCUT2D eigenvalue weighted by Crippen LogP contribution is 2.13. The van der Waals surface area contributed by atoms with Crippen LogP contribution in [0.3, 0.4) is 0 Å². The standard InChI is InChI=1S/C13H20N4O/c1-16(8-9-17-7-6-15-13(17)18)12-4-2-11(10-14)3-5-12/h2-5H,6-10,14H2,1H3,(H,15,18). The molecule has 3 N–H and O–H groups in total. The highest BCUT2D eigenvalue weighted by atomic mass is 16.2. The number of nitrogens with zero attached hydrogens (tertiary/aromatic N) is 2. The number of amides is 2. The van der Waals surface area contributed by atoms with E-state index in [-0.39, 0.29) is 6.03 Å². The van der Waals surface area contributed by atoms with Gasteiger partial charge in [0, 0.05) is 45.5 Å². The summed E-state index contributed by atoms with van der Waals surface area (Å²) < 4.78 is 0. The van der Waals surface area contributed by atoms with Gasteiger partial charge in [0.25, 0.3) is 0 Å². The molecule has 0 spiro atoms. The van der Waals surface area contributed by atoms with Crippen molar-refractivity contribution in [3.63, 3.8) is 0 Å². The van der Waals surface area contributed by atoms with Gasteiger partial charge in [-0.1, -0.05) is 12.1 Å². The van der Waals surface area contributed by atoms with Crippen molar-refractivity contribution in [3.8, 4) is 0 Å². The number of carbonyl (C=O) groups excluding carboxylic acids is 1. The summed E-state index contributed by atoms with van der Waals surface area (Å²) in [5.41, 5.74) is 7.84. The maximum Gasteiger partial charge on any atom is 0.317 e. The Balaban J connectivity index is 1.86. The Morgan fingerprint density at radius 2 is 2.11 bits per heavy atom. The second-order valence-corrected chi connectivity index (χ2v) is 4.51. The number of urea groups is 1. The average Bonchev–Trinajstić information content (AvgIpc) is 2.81. The van der Waals surface area contributed by atoms with E-state index in [1.54, 1.807) is 0 Å². The zero-order valence-corrected chi connectivity index (χ0v) is 10.7. The molecule has 0 radical (unpaired) electrons. The normalized spacial score (nSPS) is 14.8. The van der Waals surface area contributed by atoms with E-state index in [4.69, 9.17) is 5.73 Å². The monoisotopic (exact) mass is 248 g/mol. The van der Waals surface area contributed by atoms with Gasteiger partial charge < -0.3 is 20.9 Å². The SMILES string of the molecule is CN(CCN1CCNC1=O)c1ccc(CN)cc1. The van der Waals surface area contributed by atoms with Gasteiger partial charge in [-0.25, -0.2) is 4.79 Å². The molecule has 1 saturated heterocycles. The average molecular weight is 248 g/mol. The fourth-order valence-electron chi connectivity index (χ4n) is 2.01. The Kier molecular flexibility index (Phi) is 4.04. The van der Waals surface area contributed by atoms with E-state index < -0.39 is 0 Å². The van der Waals surface area contributed by atoms with Gasteiger partial charge in [0.05, 0.1) is 0 Å². The van der Waals surface area contributed by atoms with Crippen molar-refractivity contribution < 1.29 is 4.79 Å². The van der Waals surface area contributed by atoms with Crippen molar-refractivity contribution in [1.29, 1.82) is 0 Å². The fraction of sp³-hybridized carbons (Fsp3) is 0.462. The van der Waals surface area contributed by atoms with Gasteiger partial charge in [-0.3, -0.25) is 0 Å². The predicted octanol–water partition coefficient (Wildman–Crippen LogP) is 0.607. The van der Waals surface area contributed by atoms with Crippen LogP contribution in [0.5, 0.6) is 0 Å². The molecule has 0 unspecified atom stereocenters. The van der Waals surface area contributed by atoms with Gasteiger partial charge in [-0.05, 0) is 17.7 Å². The van der Waals surface area contributed by atoms with Crippen molar-refractivity contribution in [3.05, 3.63) is 29.8 Å². The maximum absolute atomic E-state index is 11.4. The summed E-state index contributed by atoms with van der Waals surface area (Å²) in [5.74, 6) is 0. The zero-order valence-electron chi connectivity index (χ0n) is 10.7. The molecule has 2 rings (SSSR count). The summed E-state index contributed by atoms with van der Waals surface area (Å²) in [5, 5.41) is 2.80. The predicted molar refractivity (Wildman–Crippen MR) is 72.6 cm³/mol. The van der Waals surface area contributed by atoms with Crippen molar-refractivity contribution >= 4 is 11.7 Å². The molecule has 5 nitrogen and oxygen atoms in total. The molecule has 1 aliphatic rings. The molecule has 1 aliphatic heterocycles. The van der Waals surface area contributed by atoms with Crippen LogP contribution in [0.1, 0.15) is 5.56 Å². The first kappa shape index (κ1) is 12.7. The number of benzene rings is 1. The van der Waals surface area contributed by atoms with Crippen LogP contribution in [0.2, 0.25) is 0 Å². The van der Waals surface area contributed by atoms with E-state index in [0.717, 1.165) is 37.4 Å². The molecule has 18 heavy (non-hydrogen) atoms. The van der Waals surface area contributed by atoms with Crippen molar-refractivity contribution in [2.24, 2.45) is 5.73 Å². The molecule has 1 fully saturated rings. The number of anilines is 1. The van der Waals surface area contributed by atoms with Gasteiger partial charge in [0.2, 0.25) is 0 Å². The smallest absolute Gasteiger partial charge is 0.317 e. The van der Waals surface area contributed by atoms with Gasteiger partial charge in [0.1, 0.15) is 0 Å². The molecule has 1 heterocycles. The summed E-state index contributed by atoms with van der Waals surface area (Å²) in [4.78, 5) is 15.4. The molecular weight excluding hydrogens is 228 g/mol. The van der Waals surface area contributed by atoms with Crippen LogP contribution in [-0.2, 0) is 6.54 Å². The van der Waals surface area contributed by atoms with E-state index in [2.05, 4.69) is 22.3 Å². The number of likely N-dealkylation sites (N-methyl/N-ethyl adjacent to an activating group) is 1. The second kappa shape index (κ2) is 5.73. The lowest BCUT2D eigenvalue weighted by atomic mass is 10.2. The van der Waals surface area contributed by atoms with Crippen LogP contribution in [0.4, 0.5) is 10.5 Å². The molecule has 98 valence electrons. The van der Waals surface area contributed by atoms with Crippen LogP contribution in [0.15, 0.2) is 24.3 Å². The minimum Gasteiger partial charge on any atom is -0.373 e. The summed E-state index contributed by atoms with van der Waals surface area (Å²) in [7, 11) is 2.03. The first-order chi connectivity index (χ1) is 8.70. The minimum absolute atomic E-state index is 0.0434. The molecule has 2 amide bonds. The Morgan fingerprint density at radius 3 is 2.67 bits per heavy atom. The number of nitrogens with two attached hydrogens (primary N) is 1. The van der Waals surface area contributed by atoms with E-state index in [1.165, 1.54) is 0 Å². The molecule has 5 heteroatoms. The van der Waals surface area contributed by atoms with E-state index in [1.807, 2.05) is 24.1 Å². The highest BCUT2D eigenvalue weighted by molar-refractivity contribution is 5.76. The molecule has 0 atom stereocenters. The maximum atomic E-state index is 11.4. The Labute approximate surface area is 108 Å². The van der Waals surface area contributed by atoms with Crippen molar-refractivity contribution in [2.75, 3.05) is 38.1 Å². The number of hydrogen-bond acceptors (Lipinski definition) is 3. The highest BCUT2D eigenvalue weighted by Gasteiger charge is 2.19. The van der Waals surface area contributed by atoms with Crippen LogP contribution >= 0.6 is 0 Å². The van der Waals surface area contributed by atoms with E-state index in [0.29, 0.717) is 6.54 Å². The first-order valence-corrected chi connectivity index (χ1v) is 6.23. The lowest BCUT2D eigenvalue weighted by Crippen LogP contribution is -2.35. The molecule has 0 aromatic heterocycles. The van der Waals surface area contributed by atoms with E-state index in [9.17, 15) is 4.79 Å². The van der Waals surface area contributed by atoms with E-state index >= 15 is 0 Å². The van der Waals surface area contributed by atoms with Crippen LogP contribution in [0.25, 0.3) is 0 Å². The lowest BCUT2D eigenvalue weighted by Gasteiger charge is -2.23. The molecule has 0 bridgehead atoms. The first-order valence-electron chi connectivity index (χ1n) is 6.23. The van der Waals surface area contributed by atoms with Crippen molar-refractivity contribution in [1.82, 2.24) is 10.2 Å². The molecule has 0 aliphatic carbocycles. The summed E-state index contributed by atoms with van der Waals surface area (Å²) in [6, 6.07) is 8.24. The molecule has 1 aromatic carbocycles. The Hall–Kier alpha value is -1.75. The second-order valence-electron chi connectivity index (χ2n) is 4.51. The van der Waals surface area contributed by atoms with Crippen LogP contribution in [-0.4, -0.2) is 44.2 Å². The Morgan fingerprint density at radius 1 is 1.39 bits per heavy atom. The number of carbonyl (C=O) groups is 1. The van der Waals surface area contributed by atoms with Gasteiger partial charge >= 0.3 is 6.03 Å². The van der Waals surface area contributed by atoms with Gasteiger partial charge in [-0.2, -0.15) is 0 Å². The molecule has 0 saturated carbocycles. The van der Waals surface area contributed by atoms with Crippen LogP contribution in [0, 0.1) is 0 Å². The third kappa shape index (κ3) is 2.92. The minimum atomic E-state index is 0.0434. The van der Waals surface area contributed by atoms with Crippen LogP contribution < -0.4 is 16.0 Å². The third-order valence-corrected chi connectivity index (χ3v) is 3.26.